The SMILES string of the molecule is CCOC(=O)CCC(NC(=O)c1cc(OCC(=O)N2CCCC2C(=O)NC2CCC2)c2ccc(F)cc2n1)C(=O)N1CCN(C(=O)OCC)CC1. The van der Waals surface area contributed by atoms with Crippen LogP contribution in [-0.4, -0.2) is 126 Å². The molecule has 51 heavy (non-hydrogen) atoms. The van der Waals surface area contributed by atoms with Crippen LogP contribution in [0, 0.1) is 5.82 Å². The summed E-state index contributed by atoms with van der Waals surface area (Å²) in [6, 6.07) is 3.43. The lowest BCUT2D eigenvalue weighted by Crippen LogP contribution is -2.56. The second-order valence-corrected chi connectivity index (χ2v) is 12.7. The van der Waals surface area contributed by atoms with Gasteiger partial charge in [0.05, 0.1) is 18.7 Å². The molecular formula is C35H45FN6O9. The number of amides is 5. The van der Waals surface area contributed by atoms with Gasteiger partial charge in [0.2, 0.25) is 11.8 Å². The summed E-state index contributed by atoms with van der Waals surface area (Å²) < 4.78 is 30.3. The molecule has 5 rings (SSSR count). The highest BCUT2D eigenvalue weighted by molar-refractivity contribution is 5.99. The summed E-state index contributed by atoms with van der Waals surface area (Å²) in [5.41, 5.74) is -0.135. The minimum absolute atomic E-state index is 0.0765. The molecule has 0 spiro atoms. The molecule has 2 aromatic rings. The van der Waals surface area contributed by atoms with Crippen LogP contribution in [0.3, 0.4) is 0 Å². The Bertz CT molecular complexity index is 1630. The molecule has 15 nitrogen and oxygen atoms in total. The van der Waals surface area contributed by atoms with Crippen molar-refractivity contribution in [3.8, 4) is 5.75 Å². The molecule has 2 atom stereocenters. The highest BCUT2D eigenvalue weighted by Gasteiger charge is 2.36. The van der Waals surface area contributed by atoms with E-state index in [-0.39, 0.29) is 81.1 Å². The maximum Gasteiger partial charge on any atom is 0.409 e. The quantitative estimate of drug-likeness (QED) is 0.293. The molecule has 1 aliphatic carbocycles. The Morgan fingerprint density at radius 2 is 1.65 bits per heavy atom. The van der Waals surface area contributed by atoms with Crippen molar-refractivity contribution in [2.75, 3.05) is 52.5 Å². The number of pyridine rings is 1. The van der Waals surface area contributed by atoms with Crippen LogP contribution in [0.25, 0.3) is 10.9 Å². The van der Waals surface area contributed by atoms with Crippen LogP contribution in [0.1, 0.15) is 69.3 Å². The van der Waals surface area contributed by atoms with E-state index in [1.807, 2.05) is 0 Å². The molecule has 2 N–H and O–H groups in total. The molecule has 5 amide bonds. The van der Waals surface area contributed by atoms with Crippen molar-refractivity contribution in [1.82, 2.24) is 30.3 Å². The number of nitrogens with zero attached hydrogens (tertiary/aromatic N) is 4. The van der Waals surface area contributed by atoms with E-state index in [2.05, 4.69) is 15.6 Å². The number of carbonyl (C=O) groups is 6. The van der Waals surface area contributed by atoms with Gasteiger partial charge in [-0.1, -0.05) is 0 Å². The van der Waals surface area contributed by atoms with E-state index in [4.69, 9.17) is 14.2 Å². The first-order valence-electron chi connectivity index (χ1n) is 17.6. The number of halogens is 1. The van der Waals surface area contributed by atoms with Crippen molar-refractivity contribution in [3.63, 3.8) is 0 Å². The van der Waals surface area contributed by atoms with Gasteiger partial charge in [-0.3, -0.25) is 24.0 Å². The summed E-state index contributed by atoms with van der Waals surface area (Å²) in [7, 11) is 0. The Labute approximate surface area is 295 Å². The third-order valence-corrected chi connectivity index (χ3v) is 9.31. The molecule has 1 saturated carbocycles. The van der Waals surface area contributed by atoms with E-state index >= 15 is 0 Å². The van der Waals surface area contributed by atoms with Crippen molar-refractivity contribution in [1.29, 1.82) is 0 Å². The molecule has 16 heteroatoms. The molecule has 2 unspecified atom stereocenters. The maximum atomic E-state index is 14.3. The zero-order chi connectivity index (χ0) is 36.5. The van der Waals surface area contributed by atoms with E-state index in [1.54, 1.807) is 13.8 Å². The van der Waals surface area contributed by atoms with E-state index < -0.39 is 54.3 Å². The smallest absolute Gasteiger partial charge is 0.409 e. The number of nitrogens with one attached hydrogen (secondary N) is 2. The normalized spacial score (nSPS) is 18.1. The third kappa shape index (κ3) is 9.41. The van der Waals surface area contributed by atoms with E-state index in [1.165, 1.54) is 32.9 Å². The summed E-state index contributed by atoms with van der Waals surface area (Å²) in [6.45, 7) is 4.50. The Kier molecular flexibility index (Phi) is 12.6. The molecular weight excluding hydrogens is 667 g/mol. The van der Waals surface area contributed by atoms with Crippen LogP contribution >= 0.6 is 0 Å². The summed E-state index contributed by atoms with van der Waals surface area (Å²) in [5, 5.41) is 6.02. The van der Waals surface area contributed by atoms with E-state index in [0.717, 1.165) is 25.3 Å². The highest BCUT2D eigenvalue weighted by atomic mass is 19.1. The number of fused-ring (bicyclic) bond motifs is 1. The average molecular weight is 713 g/mol. The van der Waals surface area contributed by atoms with Crippen LogP contribution in [0.2, 0.25) is 0 Å². The van der Waals surface area contributed by atoms with Gasteiger partial charge in [-0.05, 0) is 64.5 Å². The van der Waals surface area contributed by atoms with Crippen molar-refractivity contribution in [3.05, 3.63) is 35.8 Å². The average Bonchev–Trinajstić information content (AvgIpc) is 3.60. The maximum absolute atomic E-state index is 14.3. The third-order valence-electron chi connectivity index (χ3n) is 9.31. The fraction of sp³-hybridized carbons (Fsp3) is 0.571. The standard InChI is InChI=1S/C35H45FN6O9/c1-3-49-31(44)13-12-25(34(47)40-15-17-41(18-16-40)35(48)50-4-2)39-32(45)27-20-29(24-11-10-22(36)19-26(24)38-27)51-21-30(43)42-14-6-9-28(42)33(46)37-23-7-5-8-23/h10-11,19-20,23,25,28H,3-9,12-18,21H2,1-2H3,(H,37,46)(H,39,45). The number of carbonyl (C=O) groups excluding carboxylic acids is 6. The van der Waals surface area contributed by atoms with Crippen molar-refractivity contribution >= 4 is 46.6 Å². The molecule has 1 aromatic carbocycles. The minimum Gasteiger partial charge on any atom is -0.483 e. The highest BCUT2D eigenvalue weighted by Crippen LogP contribution is 2.28. The van der Waals surface area contributed by atoms with Gasteiger partial charge in [0.1, 0.15) is 29.3 Å². The first-order valence-corrected chi connectivity index (χ1v) is 17.6. The molecule has 3 heterocycles. The number of esters is 1. The van der Waals surface area contributed by atoms with Crippen molar-refractivity contribution in [2.45, 2.75) is 76.9 Å². The van der Waals surface area contributed by atoms with Crippen LogP contribution < -0.4 is 15.4 Å². The zero-order valence-electron chi connectivity index (χ0n) is 29.0. The van der Waals surface area contributed by atoms with Crippen LogP contribution in [0.5, 0.6) is 5.75 Å². The number of piperazine rings is 1. The Morgan fingerprint density at radius 1 is 0.922 bits per heavy atom. The zero-order valence-corrected chi connectivity index (χ0v) is 29.0. The van der Waals surface area contributed by atoms with Gasteiger partial charge in [-0.2, -0.15) is 0 Å². The Hall–Kier alpha value is -5.02. The first-order chi connectivity index (χ1) is 24.6. The monoisotopic (exact) mass is 712 g/mol. The van der Waals surface area contributed by atoms with Gasteiger partial charge >= 0.3 is 12.1 Å². The molecule has 276 valence electrons. The lowest BCUT2D eigenvalue weighted by molar-refractivity contribution is -0.143. The fourth-order valence-electron chi connectivity index (χ4n) is 6.34. The Morgan fingerprint density at radius 3 is 2.33 bits per heavy atom. The number of ether oxygens (including phenoxy) is 3. The molecule has 2 aliphatic heterocycles. The second kappa shape index (κ2) is 17.3. The molecule has 2 saturated heterocycles. The van der Waals surface area contributed by atoms with Gasteiger partial charge in [-0.25, -0.2) is 14.2 Å². The second-order valence-electron chi connectivity index (χ2n) is 12.7. The van der Waals surface area contributed by atoms with Crippen molar-refractivity contribution < 1.29 is 47.4 Å². The number of hydrogen-bond acceptors (Lipinski definition) is 10. The number of aromatic nitrogens is 1. The molecule has 3 fully saturated rings. The number of benzene rings is 1. The minimum atomic E-state index is -1.16. The summed E-state index contributed by atoms with van der Waals surface area (Å²) in [6.07, 6.45) is 3.42. The van der Waals surface area contributed by atoms with Crippen LogP contribution in [-0.2, 0) is 28.7 Å². The first kappa shape index (κ1) is 37.2. The summed E-state index contributed by atoms with van der Waals surface area (Å²) in [5.74, 6) is -2.93. The van der Waals surface area contributed by atoms with Crippen LogP contribution in [0.4, 0.5) is 9.18 Å². The van der Waals surface area contributed by atoms with E-state index in [9.17, 15) is 33.2 Å². The van der Waals surface area contributed by atoms with Crippen LogP contribution in [0.15, 0.2) is 24.3 Å². The Balaban J connectivity index is 1.30. The number of rotatable bonds is 13. The number of hydrogen-bond donors (Lipinski definition) is 2. The molecule has 3 aliphatic rings. The summed E-state index contributed by atoms with van der Waals surface area (Å²) in [4.78, 5) is 86.7. The fourth-order valence-corrected chi connectivity index (χ4v) is 6.34. The molecule has 1 aromatic heterocycles. The lowest BCUT2D eigenvalue weighted by atomic mass is 9.93. The van der Waals surface area contributed by atoms with Gasteiger partial charge in [0.15, 0.2) is 6.61 Å². The largest absolute Gasteiger partial charge is 0.483 e. The lowest BCUT2D eigenvalue weighted by Gasteiger charge is -2.36. The predicted octanol–water partition coefficient (Wildman–Crippen LogP) is 2.15. The molecule has 0 bridgehead atoms. The molecule has 0 radical (unpaired) electrons. The van der Waals surface area contributed by atoms with Gasteiger partial charge in [0, 0.05) is 62.7 Å². The predicted molar refractivity (Wildman–Crippen MR) is 180 cm³/mol. The topological polar surface area (TPSA) is 177 Å². The van der Waals surface area contributed by atoms with Gasteiger partial charge in [0.25, 0.3) is 11.8 Å². The van der Waals surface area contributed by atoms with Gasteiger partial charge in [-0.15, -0.1) is 0 Å². The number of likely N-dealkylation sites (tertiary alicyclic amines) is 1. The van der Waals surface area contributed by atoms with Gasteiger partial charge < -0.3 is 39.5 Å². The summed E-state index contributed by atoms with van der Waals surface area (Å²) >= 11 is 0. The van der Waals surface area contributed by atoms with E-state index in [0.29, 0.717) is 24.8 Å². The van der Waals surface area contributed by atoms with Crippen molar-refractivity contribution in [2.24, 2.45) is 0 Å².